The fourth-order valence-corrected chi connectivity index (χ4v) is 1.10. The van der Waals surface area contributed by atoms with Crippen LogP contribution in [0.15, 0.2) is 18.2 Å². The molecule has 3 heteroatoms. The molecule has 0 unspecified atom stereocenters. The topological polar surface area (TPSA) is 52.0 Å². The normalized spacial score (nSPS) is 10.0. The van der Waals surface area contributed by atoms with Crippen LogP contribution in [0.3, 0.4) is 0 Å². The second-order valence-corrected chi connectivity index (χ2v) is 2.80. The predicted octanol–water partition coefficient (Wildman–Crippen LogP) is 1.42. The number of nitrogen functional groups attached to an aromatic ring is 1. The van der Waals surface area contributed by atoms with Crippen molar-refractivity contribution in [3.05, 3.63) is 28.8 Å². The SMILES string of the molecule is NCCc1ccc(N)c(Cl)c1. The maximum atomic E-state index is 5.78. The number of hydrogen-bond acceptors (Lipinski definition) is 2. The first-order valence-electron chi connectivity index (χ1n) is 3.48. The van der Waals surface area contributed by atoms with Gasteiger partial charge in [0.2, 0.25) is 0 Å². The van der Waals surface area contributed by atoms with E-state index in [0.717, 1.165) is 12.0 Å². The van der Waals surface area contributed by atoms with Crippen molar-refractivity contribution in [1.82, 2.24) is 0 Å². The van der Waals surface area contributed by atoms with Crippen molar-refractivity contribution < 1.29 is 0 Å². The molecular weight excluding hydrogens is 160 g/mol. The Kier molecular flexibility index (Phi) is 2.74. The Labute approximate surface area is 71.1 Å². The van der Waals surface area contributed by atoms with E-state index in [1.165, 1.54) is 0 Å². The van der Waals surface area contributed by atoms with Gasteiger partial charge in [0.15, 0.2) is 0 Å². The Morgan fingerprint density at radius 3 is 2.64 bits per heavy atom. The highest BCUT2D eigenvalue weighted by Crippen LogP contribution is 2.19. The van der Waals surface area contributed by atoms with Gasteiger partial charge in [-0.25, -0.2) is 0 Å². The zero-order valence-electron chi connectivity index (χ0n) is 6.18. The third-order valence-corrected chi connectivity index (χ3v) is 1.83. The van der Waals surface area contributed by atoms with Crippen molar-refractivity contribution in [2.45, 2.75) is 6.42 Å². The molecule has 0 fully saturated rings. The van der Waals surface area contributed by atoms with Gasteiger partial charge in [-0.05, 0) is 30.7 Å². The highest BCUT2D eigenvalue weighted by Gasteiger charge is 1.96. The standard InChI is InChI=1S/C8H11ClN2/c9-7-5-6(3-4-10)1-2-8(7)11/h1-2,5H,3-4,10-11H2. The molecule has 0 spiro atoms. The molecule has 0 aliphatic carbocycles. The van der Waals surface area contributed by atoms with Crippen LogP contribution in [0.4, 0.5) is 5.69 Å². The van der Waals surface area contributed by atoms with Gasteiger partial charge < -0.3 is 11.5 Å². The van der Waals surface area contributed by atoms with E-state index in [-0.39, 0.29) is 0 Å². The first-order chi connectivity index (χ1) is 5.24. The van der Waals surface area contributed by atoms with Gasteiger partial charge in [-0.2, -0.15) is 0 Å². The van der Waals surface area contributed by atoms with Crippen molar-refractivity contribution in [1.29, 1.82) is 0 Å². The molecular formula is C8H11ClN2. The van der Waals surface area contributed by atoms with E-state index in [4.69, 9.17) is 23.1 Å². The molecule has 0 bridgehead atoms. The second-order valence-electron chi connectivity index (χ2n) is 2.39. The van der Waals surface area contributed by atoms with Crippen LogP contribution in [-0.2, 0) is 6.42 Å². The summed E-state index contributed by atoms with van der Waals surface area (Å²) in [6.45, 7) is 0.639. The van der Waals surface area contributed by atoms with Gasteiger partial charge >= 0.3 is 0 Å². The Morgan fingerprint density at radius 1 is 1.36 bits per heavy atom. The Bertz CT molecular complexity index is 248. The minimum Gasteiger partial charge on any atom is -0.398 e. The molecule has 60 valence electrons. The molecule has 0 aliphatic rings. The third kappa shape index (κ3) is 2.10. The lowest BCUT2D eigenvalue weighted by Gasteiger charge is -2.01. The summed E-state index contributed by atoms with van der Waals surface area (Å²) in [5.74, 6) is 0. The monoisotopic (exact) mass is 170 g/mol. The van der Waals surface area contributed by atoms with Crippen molar-refractivity contribution >= 4 is 17.3 Å². The number of benzene rings is 1. The van der Waals surface area contributed by atoms with E-state index >= 15 is 0 Å². The molecule has 1 aromatic carbocycles. The zero-order chi connectivity index (χ0) is 8.27. The van der Waals surface area contributed by atoms with Crippen LogP contribution in [0, 0.1) is 0 Å². The lowest BCUT2D eigenvalue weighted by molar-refractivity contribution is 0.969. The van der Waals surface area contributed by atoms with Crippen LogP contribution in [0.25, 0.3) is 0 Å². The molecule has 1 rings (SSSR count). The average Bonchev–Trinajstić information content (AvgIpc) is 1.98. The molecule has 2 nitrogen and oxygen atoms in total. The maximum Gasteiger partial charge on any atom is 0.0638 e. The van der Waals surface area contributed by atoms with Gasteiger partial charge in [0.25, 0.3) is 0 Å². The number of anilines is 1. The summed E-state index contributed by atoms with van der Waals surface area (Å²) >= 11 is 5.78. The molecule has 0 saturated carbocycles. The van der Waals surface area contributed by atoms with Crippen LogP contribution in [0.1, 0.15) is 5.56 Å². The van der Waals surface area contributed by atoms with Crippen molar-refractivity contribution in [2.75, 3.05) is 12.3 Å². The highest BCUT2D eigenvalue weighted by atomic mass is 35.5. The van der Waals surface area contributed by atoms with Crippen molar-refractivity contribution in [2.24, 2.45) is 5.73 Å². The van der Waals surface area contributed by atoms with Gasteiger partial charge in [-0.3, -0.25) is 0 Å². The third-order valence-electron chi connectivity index (χ3n) is 1.50. The van der Waals surface area contributed by atoms with Gasteiger partial charge in [-0.1, -0.05) is 17.7 Å². The van der Waals surface area contributed by atoms with Crippen LogP contribution >= 0.6 is 11.6 Å². The van der Waals surface area contributed by atoms with Crippen LogP contribution in [0.2, 0.25) is 5.02 Å². The smallest absolute Gasteiger partial charge is 0.0638 e. The summed E-state index contributed by atoms with van der Waals surface area (Å²) in [6.07, 6.45) is 0.847. The Hall–Kier alpha value is -0.730. The molecule has 0 heterocycles. The van der Waals surface area contributed by atoms with Gasteiger partial charge in [0.05, 0.1) is 10.7 Å². The van der Waals surface area contributed by atoms with E-state index in [1.807, 2.05) is 12.1 Å². The molecule has 4 N–H and O–H groups in total. The Balaban J connectivity index is 2.86. The highest BCUT2D eigenvalue weighted by molar-refractivity contribution is 6.33. The number of nitrogens with two attached hydrogens (primary N) is 2. The lowest BCUT2D eigenvalue weighted by atomic mass is 10.1. The number of rotatable bonds is 2. The van der Waals surface area contributed by atoms with E-state index in [1.54, 1.807) is 6.07 Å². The summed E-state index contributed by atoms with van der Waals surface area (Å²) in [5.41, 5.74) is 12.6. The average molecular weight is 171 g/mol. The summed E-state index contributed by atoms with van der Waals surface area (Å²) in [4.78, 5) is 0. The van der Waals surface area contributed by atoms with Gasteiger partial charge in [0.1, 0.15) is 0 Å². The van der Waals surface area contributed by atoms with E-state index in [0.29, 0.717) is 17.3 Å². The second kappa shape index (κ2) is 3.60. The van der Waals surface area contributed by atoms with Crippen molar-refractivity contribution in [3.63, 3.8) is 0 Å². The summed E-state index contributed by atoms with van der Waals surface area (Å²) in [5, 5.41) is 0.607. The van der Waals surface area contributed by atoms with Crippen LogP contribution in [0.5, 0.6) is 0 Å². The first-order valence-corrected chi connectivity index (χ1v) is 3.86. The van der Waals surface area contributed by atoms with Crippen molar-refractivity contribution in [3.8, 4) is 0 Å². The summed E-state index contributed by atoms with van der Waals surface area (Å²) in [7, 11) is 0. The molecule has 0 aromatic heterocycles. The molecule has 0 saturated heterocycles. The lowest BCUT2D eigenvalue weighted by Crippen LogP contribution is -2.02. The predicted molar refractivity (Wildman–Crippen MR) is 48.6 cm³/mol. The molecule has 0 amide bonds. The summed E-state index contributed by atoms with van der Waals surface area (Å²) in [6, 6.07) is 5.59. The molecule has 0 atom stereocenters. The largest absolute Gasteiger partial charge is 0.398 e. The fraction of sp³-hybridized carbons (Fsp3) is 0.250. The molecule has 0 radical (unpaired) electrons. The number of halogens is 1. The Morgan fingerprint density at radius 2 is 2.09 bits per heavy atom. The minimum absolute atomic E-state index is 0.607. The molecule has 0 aliphatic heterocycles. The minimum atomic E-state index is 0.607. The van der Waals surface area contributed by atoms with Crippen LogP contribution < -0.4 is 11.5 Å². The van der Waals surface area contributed by atoms with Gasteiger partial charge in [-0.15, -0.1) is 0 Å². The van der Waals surface area contributed by atoms with Crippen LogP contribution in [-0.4, -0.2) is 6.54 Å². The quantitative estimate of drug-likeness (QED) is 0.660. The molecule has 1 aromatic rings. The van der Waals surface area contributed by atoms with E-state index in [2.05, 4.69) is 0 Å². The maximum absolute atomic E-state index is 5.78. The summed E-state index contributed by atoms with van der Waals surface area (Å²) < 4.78 is 0. The molecule has 11 heavy (non-hydrogen) atoms. The van der Waals surface area contributed by atoms with E-state index in [9.17, 15) is 0 Å². The van der Waals surface area contributed by atoms with Gasteiger partial charge in [0, 0.05) is 0 Å². The zero-order valence-corrected chi connectivity index (χ0v) is 6.93. The first kappa shape index (κ1) is 8.37. The number of hydrogen-bond donors (Lipinski definition) is 2. The van der Waals surface area contributed by atoms with E-state index < -0.39 is 0 Å². The fourth-order valence-electron chi connectivity index (χ4n) is 0.893.